The topological polar surface area (TPSA) is 85.8 Å². The fourth-order valence-corrected chi connectivity index (χ4v) is 3.75. The van der Waals surface area contributed by atoms with Gasteiger partial charge in [-0.1, -0.05) is 23.7 Å². The Morgan fingerprint density at radius 3 is 2.62 bits per heavy atom. The van der Waals surface area contributed by atoms with E-state index in [1.54, 1.807) is 55.6 Å². The van der Waals surface area contributed by atoms with Gasteiger partial charge < -0.3 is 9.73 Å². The van der Waals surface area contributed by atoms with Crippen LogP contribution in [0.3, 0.4) is 0 Å². The number of nitrogens with zero attached hydrogens (tertiary/aromatic N) is 4. The third-order valence-corrected chi connectivity index (χ3v) is 5.34. The van der Waals surface area contributed by atoms with Crippen molar-refractivity contribution < 1.29 is 17.6 Å². The summed E-state index contributed by atoms with van der Waals surface area (Å²) in [4.78, 5) is 26.2. The smallest absolute Gasteiger partial charge is 0.405 e. The molecule has 5 aromatic rings. The van der Waals surface area contributed by atoms with E-state index in [4.69, 9.17) is 16.0 Å². The van der Waals surface area contributed by atoms with Gasteiger partial charge in [0, 0.05) is 29.7 Å². The molecule has 1 N–H and O–H groups in total. The minimum absolute atomic E-state index is 0.197. The van der Waals surface area contributed by atoms with Crippen LogP contribution >= 0.6 is 11.6 Å². The van der Waals surface area contributed by atoms with Crippen molar-refractivity contribution in [3.8, 4) is 16.8 Å². The van der Waals surface area contributed by atoms with Gasteiger partial charge in [0.1, 0.15) is 12.1 Å². The Labute approximate surface area is 194 Å². The Balaban J connectivity index is 1.73. The van der Waals surface area contributed by atoms with Gasteiger partial charge in [-0.15, -0.1) is 0 Å². The molecule has 0 aliphatic carbocycles. The van der Waals surface area contributed by atoms with Gasteiger partial charge in [0.05, 0.1) is 16.8 Å². The Bertz CT molecular complexity index is 1590. The number of rotatable bonds is 4. The Morgan fingerprint density at radius 2 is 1.88 bits per heavy atom. The highest BCUT2D eigenvalue weighted by atomic mass is 35.5. The molecule has 5 rings (SSSR count). The molecule has 34 heavy (non-hydrogen) atoms. The highest BCUT2D eigenvalue weighted by molar-refractivity contribution is 6.30. The molecule has 0 amide bonds. The Hall–Kier alpha value is -3.92. The summed E-state index contributed by atoms with van der Waals surface area (Å²) in [7, 11) is 0. The normalized spacial score (nSPS) is 11.9. The van der Waals surface area contributed by atoms with Crippen molar-refractivity contribution in [2.45, 2.75) is 13.1 Å². The maximum Gasteiger partial charge on any atom is 0.405 e. The predicted molar refractivity (Wildman–Crippen MR) is 122 cm³/mol. The molecule has 0 radical (unpaired) electrons. The van der Waals surface area contributed by atoms with Crippen molar-refractivity contribution in [2.24, 2.45) is 0 Å². The first-order chi connectivity index (χ1) is 16.2. The third-order valence-electron chi connectivity index (χ3n) is 5.09. The van der Waals surface area contributed by atoms with Crippen LogP contribution in [0.5, 0.6) is 0 Å². The molecule has 2 aromatic carbocycles. The molecular weight excluding hydrogens is 471 g/mol. The summed E-state index contributed by atoms with van der Waals surface area (Å²) in [6.07, 6.45) is -1.53. The van der Waals surface area contributed by atoms with Crippen molar-refractivity contribution in [3.05, 3.63) is 76.1 Å². The van der Waals surface area contributed by atoms with Crippen LogP contribution in [0.25, 0.3) is 38.8 Å². The first-order valence-electron chi connectivity index (χ1n) is 10.0. The third kappa shape index (κ3) is 4.19. The van der Waals surface area contributed by atoms with E-state index in [1.165, 1.54) is 10.8 Å². The quantitative estimate of drug-likeness (QED) is 0.360. The van der Waals surface area contributed by atoms with Crippen molar-refractivity contribution in [3.63, 3.8) is 0 Å². The van der Waals surface area contributed by atoms with Gasteiger partial charge in [-0.2, -0.15) is 13.2 Å². The number of halogens is 4. The molecular formula is C23H15ClF3N5O2. The first-order valence-corrected chi connectivity index (χ1v) is 10.4. The standard InChI is InChI=1S/C23H15ClF3N5O2/c1-12-30-17-8-16(6-7-18(17)34-12)32-10-14-9-28-22(29-11-23(25,26)27)31-20(14)19(21(32)33)13-2-4-15(24)5-3-13/h2-10H,11H2,1H3,(H,29,31). The predicted octanol–water partition coefficient (Wildman–Crippen LogP) is 5.52. The molecule has 0 spiro atoms. The molecule has 0 saturated heterocycles. The second-order valence-corrected chi connectivity index (χ2v) is 7.97. The van der Waals surface area contributed by atoms with E-state index in [9.17, 15) is 18.0 Å². The summed E-state index contributed by atoms with van der Waals surface area (Å²) in [6.45, 7) is 0.422. The van der Waals surface area contributed by atoms with E-state index < -0.39 is 18.3 Å². The van der Waals surface area contributed by atoms with Gasteiger partial charge in [0.15, 0.2) is 11.5 Å². The molecule has 11 heteroatoms. The lowest BCUT2D eigenvalue weighted by Gasteiger charge is -2.13. The maximum absolute atomic E-state index is 13.7. The number of alkyl halides is 3. The summed E-state index contributed by atoms with van der Waals surface area (Å²) < 4.78 is 44.9. The highest BCUT2D eigenvalue weighted by Crippen LogP contribution is 2.28. The fraction of sp³-hybridized carbons (Fsp3) is 0.130. The summed E-state index contributed by atoms with van der Waals surface area (Å²) in [5.41, 5.74) is 2.18. The number of anilines is 1. The molecule has 0 fully saturated rings. The molecule has 0 saturated carbocycles. The van der Waals surface area contributed by atoms with Gasteiger partial charge in [-0.05, 0) is 35.9 Å². The van der Waals surface area contributed by atoms with Crippen molar-refractivity contribution in [2.75, 3.05) is 11.9 Å². The molecule has 0 aliphatic rings. The van der Waals surface area contributed by atoms with Crippen molar-refractivity contribution >= 4 is 39.6 Å². The Morgan fingerprint density at radius 1 is 1.12 bits per heavy atom. The van der Waals surface area contributed by atoms with Crippen LogP contribution in [0.15, 0.2) is 64.1 Å². The number of pyridine rings is 1. The lowest BCUT2D eigenvalue weighted by atomic mass is 10.0. The molecule has 0 bridgehead atoms. The second kappa shape index (κ2) is 8.14. The fourth-order valence-electron chi connectivity index (χ4n) is 3.62. The van der Waals surface area contributed by atoms with Crippen molar-refractivity contribution in [1.82, 2.24) is 19.5 Å². The molecule has 7 nitrogen and oxygen atoms in total. The van der Waals surface area contributed by atoms with Gasteiger partial charge >= 0.3 is 6.18 Å². The van der Waals surface area contributed by atoms with E-state index in [0.717, 1.165) is 0 Å². The van der Waals surface area contributed by atoms with Crippen LogP contribution in [0.2, 0.25) is 5.02 Å². The number of hydrogen-bond donors (Lipinski definition) is 1. The number of aromatic nitrogens is 4. The lowest BCUT2D eigenvalue weighted by molar-refractivity contribution is -0.115. The Kier molecular flexibility index (Phi) is 5.24. The zero-order valence-corrected chi connectivity index (χ0v) is 18.3. The van der Waals surface area contributed by atoms with Gasteiger partial charge in [-0.3, -0.25) is 9.36 Å². The summed E-state index contributed by atoms with van der Waals surface area (Å²) in [5, 5.41) is 3.08. The van der Waals surface area contributed by atoms with Gasteiger partial charge in [-0.25, -0.2) is 15.0 Å². The maximum atomic E-state index is 13.7. The zero-order valence-electron chi connectivity index (χ0n) is 17.5. The van der Waals surface area contributed by atoms with Crippen LogP contribution in [-0.2, 0) is 0 Å². The van der Waals surface area contributed by atoms with E-state index in [1.807, 2.05) is 0 Å². The first kappa shape index (κ1) is 21.9. The van der Waals surface area contributed by atoms with Crippen LogP contribution in [0, 0.1) is 6.92 Å². The molecule has 172 valence electrons. The second-order valence-electron chi connectivity index (χ2n) is 7.54. The monoisotopic (exact) mass is 485 g/mol. The number of aryl methyl sites for hydroxylation is 1. The number of oxazole rings is 1. The molecule has 0 unspecified atom stereocenters. The number of benzene rings is 2. The van der Waals surface area contributed by atoms with Crippen LogP contribution in [0.1, 0.15) is 5.89 Å². The summed E-state index contributed by atoms with van der Waals surface area (Å²) in [6, 6.07) is 11.7. The molecule has 0 aliphatic heterocycles. The van der Waals surface area contributed by atoms with Crippen LogP contribution in [-0.4, -0.2) is 32.2 Å². The van der Waals surface area contributed by atoms with E-state index >= 15 is 0 Å². The number of nitrogens with one attached hydrogen (secondary N) is 1. The number of fused-ring (bicyclic) bond motifs is 2. The van der Waals surface area contributed by atoms with Crippen LogP contribution in [0.4, 0.5) is 19.1 Å². The highest BCUT2D eigenvalue weighted by Gasteiger charge is 2.27. The summed E-state index contributed by atoms with van der Waals surface area (Å²) in [5.74, 6) is 0.254. The minimum atomic E-state index is -4.45. The molecule has 0 atom stereocenters. The van der Waals surface area contributed by atoms with E-state index in [0.29, 0.717) is 38.7 Å². The van der Waals surface area contributed by atoms with Crippen LogP contribution < -0.4 is 10.9 Å². The average molecular weight is 486 g/mol. The minimum Gasteiger partial charge on any atom is -0.441 e. The average Bonchev–Trinajstić information content (AvgIpc) is 3.17. The van der Waals surface area contributed by atoms with Crippen molar-refractivity contribution in [1.29, 1.82) is 0 Å². The largest absolute Gasteiger partial charge is 0.441 e. The lowest BCUT2D eigenvalue weighted by Crippen LogP contribution is -2.23. The molecule has 3 aromatic heterocycles. The summed E-state index contributed by atoms with van der Waals surface area (Å²) >= 11 is 6.01. The molecule has 3 heterocycles. The SMILES string of the molecule is Cc1nc2cc(-n3cc4cnc(NCC(F)(F)F)nc4c(-c4ccc(Cl)cc4)c3=O)ccc2o1. The van der Waals surface area contributed by atoms with Gasteiger partial charge in [0.25, 0.3) is 5.56 Å². The zero-order chi connectivity index (χ0) is 24.0. The van der Waals surface area contributed by atoms with E-state index in [2.05, 4.69) is 20.3 Å². The van der Waals surface area contributed by atoms with Gasteiger partial charge in [0.2, 0.25) is 5.95 Å². The van der Waals surface area contributed by atoms with E-state index in [-0.39, 0.29) is 17.0 Å². The number of hydrogen-bond acceptors (Lipinski definition) is 6.